The van der Waals surface area contributed by atoms with Gasteiger partial charge in [-0.3, -0.25) is 4.79 Å². The number of hydrogen-bond donors (Lipinski definition) is 1. The highest BCUT2D eigenvalue weighted by atomic mass is 16.5. The second kappa shape index (κ2) is 12.5. The van der Waals surface area contributed by atoms with E-state index in [2.05, 4.69) is 27.3 Å². The number of aromatic nitrogens is 2. The number of hydrogen-bond acceptors (Lipinski definition) is 9. The molecular formula is C32H40N6O4. The molecule has 1 amide bonds. The number of phenols is 1. The van der Waals surface area contributed by atoms with Crippen molar-refractivity contribution in [2.75, 3.05) is 82.5 Å². The molecule has 2 saturated heterocycles. The maximum Gasteiger partial charge on any atom is 0.318 e. The Bertz CT molecular complexity index is 1440. The third-order valence-electron chi connectivity index (χ3n) is 8.68. The first-order valence-electron chi connectivity index (χ1n) is 14.9. The van der Waals surface area contributed by atoms with Crippen LogP contribution in [-0.4, -0.2) is 103 Å². The Morgan fingerprint density at radius 2 is 1.93 bits per heavy atom. The SMILES string of the molecule is C=CC(=O)N1CCN(c2nc(OCC3CCN(CCOC)C3)nc3c2CCN(c2cc(O)cc4ccccc24)C3)CC1. The molecule has 42 heavy (non-hydrogen) atoms. The van der Waals surface area contributed by atoms with Crippen molar-refractivity contribution in [3.05, 3.63) is 60.3 Å². The number of carbonyl (C=O) groups is 1. The smallest absolute Gasteiger partial charge is 0.318 e. The number of nitrogens with zero attached hydrogens (tertiary/aromatic N) is 6. The maximum atomic E-state index is 12.2. The van der Waals surface area contributed by atoms with E-state index in [4.69, 9.17) is 19.4 Å². The monoisotopic (exact) mass is 572 g/mol. The largest absolute Gasteiger partial charge is 0.508 e. The molecule has 1 N–H and O–H groups in total. The molecule has 3 aliphatic heterocycles. The molecule has 10 nitrogen and oxygen atoms in total. The Balaban J connectivity index is 1.26. The highest BCUT2D eigenvalue weighted by Crippen LogP contribution is 2.36. The molecule has 1 unspecified atom stereocenters. The van der Waals surface area contributed by atoms with Crippen LogP contribution >= 0.6 is 0 Å². The van der Waals surface area contributed by atoms with Gasteiger partial charge in [-0.25, -0.2) is 0 Å². The number of amides is 1. The molecule has 3 aliphatic rings. The van der Waals surface area contributed by atoms with Crippen molar-refractivity contribution < 1.29 is 19.4 Å². The number of rotatable bonds is 9. The summed E-state index contributed by atoms with van der Waals surface area (Å²) in [6, 6.07) is 12.2. The highest BCUT2D eigenvalue weighted by Gasteiger charge is 2.30. The molecule has 0 spiro atoms. The van der Waals surface area contributed by atoms with Crippen molar-refractivity contribution in [3.63, 3.8) is 0 Å². The van der Waals surface area contributed by atoms with Gasteiger partial charge in [-0.2, -0.15) is 9.97 Å². The van der Waals surface area contributed by atoms with Gasteiger partial charge < -0.3 is 34.2 Å². The third kappa shape index (κ3) is 6.00. The van der Waals surface area contributed by atoms with E-state index in [0.717, 1.165) is 79.2 Å². The minimum Gasteiger partial charge on any atom is -0.508 e. The van der Waals surface area contributed by atoms with Gasteiger partial charge in [-0.1, -0.05) is 30.8 Å². The van der Waals surface area contributed by atoms with E-state index in [1.165, 1.54) is 6.08 Å². The molecule has 1 atom stereocenters. The number of likely N-dealkylation sites (tertiary alicyclic amines) is 1. The Kier molecular flexibility index (Phi) is 8.43. The summed E-state index contributed by atoms with van der Waals surface area (Å²) in [5.41, 5.74) is 3.09. The van der Waals surface area contributed by atoms with Crippen molar-refractivity contribution in [2.24, 2.45) is 5.92 Å². The first kappa shape index (κ1) is 28.2. The van der Waals surface area contributed by atoms with E-state index in [-0.39, 0.29) is 11.7 Å². The van der Waals surface area contributed by atoms with Crippen LogP contribution in [0, 0.1) is 5.92 Å². The lowest BCUT2D eigenvalue weighted by Gasteiger charge is -2.38. The molecule has 10 heteroatoms. The van der Waals surface area contributed by atoms with Gasteiger partial charge in [0, 0.05) is 81.5 Å². The van der Waals surface area contributed by atoms with E-state index in [0.29, 0.717) is 51.3 Å². The summed E-state index contributed by atoms with van der Waals surface area (Å²) in [5.74, 6) is 1.56. The Labute approximate surface area is 247 Å². The number of benzene rings is 2. The quantitative estimate of drug-likeness (QED) is 0.388. The van der Waals surface area contributed by atoms with Gasteiger partial charge in [0.2, 0.25) is 5.91 Å². The van der Waals surface area contributed by atoms with E-state index in [1.807, 2.05) is 29.2 Å². The van der Waals surface area contributed by atoms with Crippen molar-refractivity contribution in [2.45, 2.75) is 19.4 Å². The molecule has 0 aliphatic carbocycles. The van der Waals surface area contributed by atoms with E-state index < -0.39 is 0 Å². The van der Waals surface area contributed by atoms with Crippen molar-refractivity contribution in [1.82, 2.24) is 19.8 Å². The summed E-state index contributed by atoms with van der Waals surface area (Å²) in [5, 5.41) is 12.6. The van der Waals surface area contributed by atoms with Crippen molar-refractivity contribution >= 4 is 28.2 Å². The first-order chi connectivity index (χ1) is 20.5. The Morgan fingerprint density at radius 1 is 1.10 bits per heavy atom. The van der Waals surface area contributed by atoms with Gasteiger partial charge in [0.15, 0.2) is 0 Å². The van der Waals surface area contributed by atoms with Crippen LogP contribution in [0.15, 0.2) is 49.1 Å². The molecule has 2 aromatic carbocycles. The number of methoxy groups -OCH3 is 1. The zero-order chi connectivity index (χ0) is 29.1. The van der Waals surface area contributed by atoms with E-state index >= 15 is 0 Å². The molecule has 0 bridgehead atoms. The van der Waals surface area contributed by atoms with Gasteiger partial charge in [0.05, 0.1) is 25.5 Å². The molecule has 4 heterocycles. The number of ether oxygens (including phenoxy) is 2. The average molecular weight is 573 g/mol. The summed E-state index contributed by atoms with van der Waals surface area (Å²) in [6.45, 7) is 11.9. The lowest BCUT2D eigenvalue weighted by molar-refractivity contribution is -0.126. The van der Waals surface area contributed by atoms with Crippen LogP contribution in [0.2, 0.25) is 0 Å². The lowest BCUT2D eigenvalue weighted by atomic mass is 10.0. The van der Waals surface area contributed by atoms with Crippen LogP contribution in [0.5, 0.6) is 11.8 Å². The second-order valence-corrected chi connectivity index (χ2v) is 11.4. The standard InChI is InChI=1S/C32H40N6O4/c1-3-30(40)36-12-14-37(15-13-36)31-27-9-11-38(29-19-25(39)18-24-6-4-5-7-26(24)29)21-28(27)33-32(34-31)42-22-23-8-10-35(20-23)16-17-41-2/h3-7,18-19,23,39H,1,8-17,20-22H2,2H3. The minimum absolute atomic E-state index is 0.0338. The van der Waals surface area contributed by atoms with Crippen LogP contribution in [-0.2, 0) is 22.5 Å². The summed E-state index contributed by atoms with van der Waals surface area (Å²) >= 11 is 0. The first-order valence-corrected chi connectivity index (χ1v) is 14.9. The highest BCUT2D eigenvalue weighted by molar-refractivity contribution is 5.95. The van der Waals surface area contributed by atoms with Gasteiger partial charge in [0.1, 0.15) is 11.6 Å². The lowest BCUT2D eigenvalue weighted by Crippen LogP contribution is -2.49. The van der Waals surface area contributed by atoms with E-state index in [1.54, 1.807) is 13.2 Å². The van der Waals surface area contributed by atoms with Crippen LogP contribution in [0.4, 0.5) is 11.5 Å². The molecule has 6 rings (SSSR count). The Hall–Kier alpha value is -3.89. The fraction of sp³-hybridized carbons (Fsp3) is 0.469. The summed E-state index contributed by atoms with van der Waals surface area (Å²) in [4.78, 5) is 30.9. The summed E-state index contributed by atoms with van der Waals surface area (Å²) in [6.07, 6.45) is 3.24. The molecule has 0 radical (unpaired) electrons. The average Bonchev–Trinajstić information content (AvgIpc) is 3.49. The number of aromatic hydroxyl groups is 1. The number of piperazine rings is 1. The van der Waals surface area contributed by atoms with Crippen molar-refractivity contribution in [3.8, 4) is 11.8 Å². The number of anilines is 2. The van der Waals surface area contributed by atoms with Gasteiger partial charge in [-0.15, -0.1) is 0 Å². The fourth-order valence-electron chi connectivity index (χ4n) is 6.39. The van der Waals surface area contributed by atoms with Crippen LogP contribution in [0.3, 0.4) is 0 Å². The second-order valence-electron chi connectivity index (χ2n) is 11.4. The maximum absolute atomic E-state index is 12.2. The van der Waals surface area contributed by atoms with Crippen LogP contribution < -0.4 is 14.5 Å². The summed E-state index contributed by atoms with van der Waals surface area (Å²) in [7, 11) is 1.74. The predicted molar refractivity (Wildman–Crippen MR) is 163 cm³/mol. The zero-order valence-corrected chi connectivity index (χ0v) is 24.4. The van der Waals surface area contributed by atoms with Gasteiger partial charge >= 0.3 is 6.01 Å². The third-order valence-corrected chi connectivity index (χ3v) is 8.68. The normalized spacial score (nSPS) is 19.3. The molecule has 3 aromatic rings. The minimum atomic E-state index is -0.0338. The van der Waals surface area contributed by atoms with Crippen molar-refractivity contribution in [1.29, 1.82) is 0 Å². The van der Waals surface area contributed by atoms with Crippen LogP contribution in [0.25, 0.3) is 10.8 Å². The zero-order valence-electron chi connectivity index (χ0n) is 24.4. The van der Waals surface area contributed by atoms with E-state index in [9.17, 15) is 9.90 Å². The molecule has 1 aromatic heterocycles. The number of carbonyl (C=O) groups excluding carboxylic acids is 1. The van der Waals surface area contributed by atoms with Crippen LogP contribution in [0.1, 0.15) is 17.7 Å². The number of fused-ring (bicyclic) bond motifs is 2. The molecular weight excluding hydrogens is 532 g/mol. The predicted octanol–water partition coefficient (Wildman–Crippen LogP) is 3.08. The fourth-order valence-corrected chi connectivity index (χ4v) is 6.39. The summed E-state index contributed by atoms with van der Waals surface area (Å²) < 4.78 is 11.6. The van der Waals surface area contributed by atoms with Gasteiger partial charge in [0.25, 0.3) is 0 Å². The molecule has 0 saturated carbocycles. The molecule has 222 valence electrons. The molecule has 2 fully saturated rings. The number of phenolic OH excluding ortho intramolecular Hbond substituents is 1. The topological polar surface area (TPSA) is 94.5 Å². The Morgan fingerprint density at radius 3 is 2.74 bits per heavy atom. The van der Waals surface area contributed by atoms with Gasteiger partial charge in [-0.05, 0) is 36.9 Å².